The largest absolute Gasteiger partial charge is 0.378 e. The molecular formula is C16H20N6O3. The monoisotopic (exact) mass is 344 g/mol. The molecule has 9 heteroatoms. The van der Waals surface area contributed by atoms with E-state index in [0.29, 0.717) is 26.2 Å². The normalized spacial score (nSPS) is 18.5. The Morgan fingerprint density at radius 1 is 1.04 bits per heavy atom. The first-order valence-electron chi connectivity index (χ1n) is 8.41. The van der Waals surface area contributed by atoms with Gasteiger partial charge in [-0.1, -0.05) is 5.16 Å². The van der Waals surface area contributed by atoms with Crippen molar-refractivity contribution in [2.24, 2.45) is 0 Å². The van der Waals surface area contributed by atoms with Gasteiger partial charge in [0.25, 0.3) is 5.91 Å². The van der Waals surface area contributed by atoms with Gasteiger partial charge in [0.2, 0.25) is 5.76 Å². The van der Waals surface area contributed by atoms with Crippen LogP contribution in [-0.2, 0) is 4.74 Å². The molecule has 0 spiro atoms. The number of aromatic nitrogens is 3. The third-order valence-corrected chi connectivity index (χ3v) is 4.54. The van der Waals surface area contributed by atoms with Gasteiger partial charge in [0.1, 0.15) is 0 Å². The van der Waals surface area contributed by atoms with Crippen molar-refractivity contribution in [1.82, 2.24) is 20.3 Å². The molecule has 0 unspecified atom stereocenters. The minimum Gasteiger partial charge on any atom is -0.378 e. The van der Waals surface area contributed by atoms with Crippen LogP contribution in [0.3, 0.4) is 0 Å². The third-order valence-electron chi connectivity index (χ3n) is 4.54. The molecule has 9 nitrogen and oxygen atoms in total. The molecule has 0 radical (unpaired) electrons. The van der Waals surface area contributed by atoms with E-state index in [9.17, 15) is 4.79 Å². The Balaban J connectivity index is 1.40. The molecule has 4 heterocycles. The predicted molar refractivity (Wildman–Crippen MR) is 89.7 cm³/mol. The summed E-state index contributed by atoms with van der Waals surface area (Å²) in [5, 5.41) is 12.0. The number of morpholine rings is 1. The number of carbonyl (C=O) groups is 1. The van der Waals surface area contributed by atoms with Crippen molar-refractivity contribution >= 4 is 17.4 Å². The molecule has 4 rings (SSSR count). The third kappa shape index (κ3) is 3.41. The van der Waals surface area contributed by atoms with Crippen molar-refractivity contribution in [1.29, 1.82) is 0 Å². The maximum Gasteiger partial charge on any atom is 0.292 e. The Labute approximate surface area is 145 Å². The Bertz CT molecular complexity index is 708. The van der Waals surface area contributed by atoms with Crippen LogP contribution in [0.25, 0.3) is 0 Å². The molecule has 0 aromatic carbocycles. The first-order chi connectivity index (χ1) is 12.3. The summed E-state index contributed by atoms with van der Waals surface area (Å²) in [6, 6.07) is 3.65. The second-order valence-electron chi connectivity index (χ2n) is 6.03. The number of piperazine rings is 1. The fraction of sp³-hybridized carbons (Fsp3) is 0.500. The molecule has 132 valence electrons. The maximum atomic E-state index is 12.3. The van der Waals surface area contributed by atoms with E-state index in [-0.39, 0.29) is 11.7 Å². The summed E-state index contributed by atoms with van der Waals surface area (Å²) in [5.74, 6) is 1.00. The molecule has 2 saturated heterocycles. The zero-order valence-corrected chi connectivity index (χ0v) is 13.9. The van der Waals surface area contributed by atoms with E-state index in [1.807, 2.05) is 0 Å². The molecule has 2 aliphatic heterocycles. The zero-order valence-electron chi connectivity index (χ0n) is 13.9. The molecule has 2 aromatic heterocycles. The molecule has 2 aromatic rings. The first kappa shape index (κ1) is 15.8. The number of ether oxygens (including phenoxy) is 1. The molecular weight excluding hydrogens is 324 g/mol. The van der Waals surface area contributed by atoms with Gasteiger partial charge in [0, 0.05) is 51.4 Å². The summed E-state index contributed by atoms with van der Waals surface area (Å²) in [6.45, 7) is 5.85. The lowest BCUT2D eigenvalue weighted by atomic mass is 10.2. The quantitative estimate of drug-likeness (QED) is 0.784. The van der Waals surface area contributed by atoms with Gasteiger partial charge in [-0.15, -0.1) is 5.10 Å². The van der Waals surface area contributed by atoms with E-state index < -0.39 is 0 Å². The van der Waals surface area contributed by atoms with Crippen molar-refractivity contribution in [3.8, 4) is 0 Å². The Hall–Kier alpha value is -2.68. The second-order valence-corrected chi connectivity index (χ2v) is 6.03. The Morgan fingerprint density at radius 2 is 1.84 bits per heavy atom. The van der Waals surface area contributed by atoms with Gasteiger partial charge in [-0.2, -0.15) is 5.10 Å². The van der Waals surface area contributed by atoms with Crippen LogP contribution >= 0.6 is 0 Å². The molecule has 0 saturated carbocycles. The smallest absolute Gasteiger partial charge is 0.292 e. The summed E-state index contributed by atoms with van der Waals surface area (Å²) < 4.78 is 10.3. The molecule has 0 N–H and O–H groups in total. The molecule has 25 heavy (non-hydrogen) atoms. The number of nitrogens with zero attached hydrogens (tertiary/aromatic N) is 6. The Morgan fingerprint density at radius 3 is 2.56 bits per heavy atom. The lowest BCUT2D eigenvalue weighted by Crippen LogP contribution is -2.49. The first-order valence-corrected chi connectivity index (χ1v) is 8.41. The highest BCUT2D eigenvalue weighted by molar-refractivity contribution is 5.91. The van der Waals surface area contributed by atoms with E-state index in [2.05, 4.69) is 31.2 Å². The predicted octanol–water partition coefficient (Wildman–Crippen LogP) is 0.264. The van der Waals surface area contributed by atoms with Crippen LogP contribution in [0.4, 0.5) is 11.5 Å². The summed E-state index contributed by atoms with van der Waals surface area (Å²) >= 11 is 0. The van der Waals surface area contributed by atoms with Crippen molar-refractivity contribution < 1.29 is 14.1 Å². The van der Waals surface area contributed by atoms with Crippen molar-refractivity contribution in [2.45, 2.75) is 0 Å². The van der Waals surface area contributed by atoms with E-state index in [0.717, 1.165) is 37.8 Å². The molecule has 1 amide bonds. The van der Waals surface area contributed by atoms with E-state index in [4.69, 9.17) is 9.26 Å². The number of hydrogen-bond acceptors (Lipinski definition) is 8. The van der Waals surface area contributed by atoms with Gasteiger partial charge < -0.3 is 24.0 Å². The lowest BCUT2D eigenvalue weighted by Gasteiger charge is -2.35. The van der Waals surface area contributed by atoms with Crippen LogP contribution in [0.5, 0.6) is 0 Å². The van der Waals surface area contributed by atoms with Gasteiger partial charge in [-0.25, -0.2) is 0 Å². The van der Waals surface area contributed by atoms with Crippen LogP contribution in [0, 0.1) is 0 Å². The average Bonchev–Trinajstić information content (AvgIpc) is 3.23. The number of amides is 1. The van der Waals surface area contributed by atoms with Crippen LogP contribution < -0.4 is 9.80 Å². The fourth-order valence-electron chi connectivity index (χ4n) is 3.12. The topological polar surface area (TPSA) is 87.8 Å². The Kier molecular flexibility index (Phi) is 4.47. The average molecular weight is 344 g/mol. The van der Waals surface area contributed by atoms with Crippen molar-refractivity contribution in [3.63, 3.8) is 0 Å². The highest BCUT2D eigenvalue weighted by Gasteiger charge is 2.25. The van der Waals surface area contributed by atoms with Gasteiger partial charge in [0.15, 0.2) is 5.82 Å². The summed E-state index contributed by atoms with van der Waals surface area (Å²) in [4.78, 5) is 18.5. The van der Waals surface area contributed by atoms with Gasteiger partial charge >= 0.3 is 0 Å². The number of anilines is 2. The highest BCUT2D eigenvalue weighted by Crippen LogP contribution is 2.21. The fourth-order valence-corrected chi connectivity index (χ4v) is 3.12. The van der Waals surface area contributed by atoms with E-state index >= 15 is 0 Å². The summed E-state index contributed by atoms with van der Waals surface area (Å²) in [7, 11) is 0. The number of carbonyl (C=O) groups excluding carboxylic acids is 1. The minimum atomic E-state index is -0.120. The lowest BCUT2D eigenvalue weighted by molar-refractivity contribution is 0.0704. The molecule has 0 aliphatic carbocycles. The number of hydrogen-bond donors (Lipinski definition) is 0. The number of rotatable bonds is 3. The van der Waals surface area contributed by atoms with E-state index in [1.54, 1.807) is 17.2 Å². The zero-order chi connectivity index (χ0) is 17.1. The van der Waals surface area contributed by atoms with Gasteiger partial charge in [-0.3, -0.25) is 4.79 Å². The molecule has 2 aliphatic rings. The van der Waals surface area contributed by atoms with Gasteiger partial charge in [-0.05, 0) is 0 Å². The highest BCUT2D eigenvalue weighted by atomic mass is 16.5. The maximum absolute atomic E-state index is 12.3. The van der Waals surface area contributed by atoms with Crippen molar-refractivity contribution in [2.75, 3.05) is 62.3 Å². The standard InChI is InChI=1S/C16H20N6O3/c23-16(14-1-2-18-25-14)22-5-3-21(4-6-22)15-11-13(12-17-19-15)20-7-9-24-10-8-20/h1-2,11-12H,3-10H2. The summed E-state index contributed by atoms with van der Waals surface area (Å²) in [6.07, 6.45) is 3.27. The van der Waals surface area contributed by atoms with E-state index in [1.165, 1.54) is 6.20 Å². The van der Waals surface area contributed by atoms with Crippen LogP contribution in [0.15, 0.2) is 29.0 Å². The van der Waals surface area contributed by atoms with Crippen LogP contribution in [0.1, 0.15) is 10.6 Å². The SMILES string of the molecule is O=C(c1ccno1)N1CCN(c2cc(N3CCOCC3)cnn2)CC1. The molecule has 0 bridgehead atoms. The van der Waals surface area contributed by atoms with Crippen LogP contribution in [0.2, 0.25) is 0 Å². The second kappa shape index (κ2) is 7.06. The molecule has 2 fully saturated rings. The molecule has 0 atom stereocenters. The van der Waals surface area contributed by atoms with Gasteiger partial charge in [0.05, 0.1) is 31.3 Å². The van der Waals surface area contributed by atoms with Crippen LogP contribution in [-0.4, -0.2) is 78.6 Å². The summed E-state index contributed by atoms with van der Waals surface area (Å²) in [5.41, 5.74) is 1.06. The van der Waals surface area contributed by atoms with Crippen molar-refractivity contribution in [3.05, 3.63) is 30.3 Å². The minimum absolute atomic E-state index is 0.120.